The van der Waals surface area contributed by atoms with E-state index >= 15 is 0 Å². The molecule has 2 aliphatic rings. The number of dihydropyridines is 1. The van der Waals surface area contributed by atoms with Crippen LogP contribution in [0.25, 0.3) is 0 Å². The van der Waals surface area contributed by atoms with Crippen molar-refractivity contribution in [1.29, 1.82) is 0 Å². The van der Waals surface area contributed by atoms with E-state index in [9.17, 15) is 18.7 Å². The lowest BCUT2D eigenvalue weighted by atomic mass is 9.76. The molecule has 1 saturated carbocycles. The minimum Gasteiger partial charge on any atom is -0.508 e. The number of hydrogen-bond donors (Lipinski definition) is 3. The number of phenols is 1. The first-order chi connectivity index (χ1) is 15.9. The van der Waals surface area contributed by atoms with Crippen LogP contribution in [0.5, 0.6) is 5.75 Å². The largest absolute Gasteiger partial charge is 0.508 e. The van der Waals surface area contributed by atoms with Crippen molar-refractivity contribution in [3.8, 4) is 5.75 Å². The van der Waals surface area contributed by atoms with E-state index in [1.165, 1.54) is 12.1 Å². The molecule has 2 aromatic rings. The maximum absolute atomic E-state index is 14.5. The van der Waals surface area contributed by atoms with E-state index in [2.05, 4.69) is 27.5 Å². The van der Waals surface area contributed by atoms with Gasteiger partial charge in [-0.1, -0.05) is 6.92 Å². The van der Waals surface area contributed by atoms with E-state index in [0.29, 0.717) is 17.6 Å². The van der Waals surface area contributed by atoms with Crippen molar-refractivity contribution in [3.05, 3.63) is 65.5 Å². The van der Waals surface area contributed by atoms with Crippen molar-refractivity contribution in [3.63, 3.8) is 0 Å². The summed E-state index contributed by atoms with van der Waals surface area (Å²) in [7, 11) is 1.97. The van der Waals surface area contributed by atoms with Crippen molar-refractivity contribution in [2.45, 2.75) is 50.6 Å². The van der Waals surface area contributed by atoms with Crippen molar-refractivity contribution in [2.75, 3.05) is 12.4 Å². The van der Waals surface area contributed by atoms with Crippen LogP contribution in [0.4, 0.5) is 14.5 Å². The fourth-order valence-electron chi connectivity index (χ4n) is 4.82. The van der Waals surface area contributed by atoms with Gasteiger partial charge in [-0.05, 0) is 80.5 Å². The molecule has 4 unspecified atom stereocenters. The summed E-state index contributed by atoms with van der Waals surface area (Å²) < 4.78 is 28.7. The van der Waals surface area contributed by atoms with Gasteiger partial charge in [0.1, 0.15) is 29.1 Å². The van der Waals surface area contributed by atoms with Gasteiger partial charge in [0.25, 0.3) is 0 Å². The maximum Gasteiger partial charge on any atom is 0.249 e. The zero-order valence-electron chi connectivity index (χ0n) is 18.7. The van der Waals surface area contributed by atoms with Crippen molar-refractivity contribution in [2.24, 2.45) is 10.9 Å². The molecular formula is C25H28F2N4O2. The van der Waals surface area contributed by atoms with Crippen molar-refractivity contribution in [1.82, 2.24) is 10.3 Å². The predicted octanol–water partition coefficient (Wildman–Crippen LogP) is 4.47. The van der Waals surface area contributed by atoms with Gasteiger partial charge in [0.05, 0.1) is 11.9 Å². The summed E-state index contributed by atoms with van der Waals surface area (Å²) in [5, 5.41) is 16.0. The number of carbonyl (C=O) groups excluding carboxylic acids is 1. The summed E-state index contributed by atoms with van der Waals surface area (Å²) in [4.78, 5) is 21.4. The third kappa shape index (κ3) is 5.11. The summed E-state index contributed by atoms with van der Waals surface area (Å²) >= 11 is 0. The van der Waals surface area contributed by atoms with Crippen LogP contribution in [0.3, 0.4) is 0 Å². The molecule has 8 heteroatoms. The third-order valence-electron chi connectivity index (χ3n) is 6.44. The van der Waals surface area contributed by atoms with Crippen LogP contribution in [0.15, 0.2) is 53.6 Å². The number of pyridine rings is 1. The molecule has 1 aliphatic carbocycles. The molecule has 0 spiro atoms. The Morgan fingerprint density at radius 1 is 1.18 bits per heavy atom. The number of carbonyl (C=O) groups is 1. The fraction of sp³-hybridized carbons (Fsp3) is 0.400. The highest BCUT2D eigenvalue weighted by atomic mass is 19.1. The number of hydrogen-bond acceptors (Lipinski definition) is 5. The number of nitrogens with one attached hydrogen (secondary N) is 2. The average Bonchev–Trinajstić information content (AvgIpc) is 2.81. The van der Waals surface area contributed by atoms with E-state index in [4.69, 9.17) is 0 Å². The smallest absolute Gasteiger partial charge is 0.249 e. The molecule has 33 heavy (non-hydrogen) atoms. The highest BCUT2D eigenvalue weighted by molar-refractivity contribution is 6.13. The Labute approximate surface area is 191 Å². The maximum atomic E-state index is 14.5. The molecule has 1 aliphatic heterocycles. The van der Waals surface area contributed by atoms with E-state index < -0.39 is 23.6 Å². The third-order valence-corrected chi connectivity index (χ3v) is 6.44. The zero-order chi connectivity index (χ0) is 23.5. The number of phenolic OH excluding ortho intramolecular Hbond substituents is 1. The second-order valence-electron chi connectivity index (χ2n) is 8.89. The Morgan fingerprint density at radius 2 is 2.00 bits per heavy atom. The first-order valence-corrected chi connectivity index (χ1v) is 11.2. The van der Waals surface area contributed by atoms with Crippen molar-refractivity contribution < 1.29 is 18.7 Å². The minimum absolute atomic E-state index is 0.0550. The summed E-state index contributed by atoms with van der Waals surface area (Å²) in [6.07, 6.45) is 7.71. The summed E-state index contributed by atoms with van der Waals surface area (Å²) in [5.41, 5.74) is 1.18. The Bertz CT molecular complexity index is 1100. The summed E-state index contributed by atoms with van der Waals surface area (Å²) in [5.74, 6) is -1.26. The number of aromatic nitrogens is 1. The van der Waals surface area contributed by atoms with Crippen LogP contribution in [0, 0.1) is 11.7 Å². The van der Waals surface area contributed by atoms with Gasteiger partial charge in [-0.25, -0.2) is 8.78 Å². The molecule has 4 atom stereocenters. The second kappa shape index (κ2) is 9.79. The number of rotatable bonds is 5. The number of amides is 1. The van der Waals surface area contributed by atoms with Crippen LogP contribution in [-0.2, 0) is 4.79 Å². The first kappa shape index (κ1) is 23.0. The zero-order valence-corrected chi connectivity index (χ0v) is 18.7. The van der Waals surface area contributed by atoms with Crippen LogP contribution in [0.1, 0.15) is 49.7 Å². The van der Waals surface area contributed by atoms with Gasteiger partial charge in [0.2, 0.25) is 5.91 Å². The SMILES string of the molecule is CNC1CC(C)CC(c2ccncc2NC(=O)C2CC=C(F)C(c3cc(O)ccc3F)=N2)C1. The number of aliphatic imine (C=N–C) groups is 1. The molecule has 2 heterocycles. The normalized spacial score (nSPS) is 25.2. The molecule has 3 N–H and O–H groups in total. The highest BCUT2D eigenvalue weighted by Crippen LogP contribution is 2.39. The van der Waals surface area contributed by atoms with Crippen LogP contribution >= 0.6 is 0 Å². The average molecular weight is 455 g/mol. The number of aromatic hydroxyl groups is 1. The van der Waals surface area contributed by atoms with Gasteiger partial charge in [0.15, 0.2) is 0 Å². The highest BCUT2D eigenvalue weighted by Gasteiger charge is 2.30. The lowest BCUT2D eigenvalue weighted by Crippen LogP contribution is -2.34. The number of nitrogens with zero attached hydrogens (tertiary/aromatic N) is 2. The minimum atomic E-state index is -0.926. The molecule has 1 amide bonds. The molecule has 0 bridgehead atoms. The Balaban J connectivity index is 1.57. The lowest BCUT2D eigenvalue weighted by Gasteiger charge is -2.34. The van der Waals surface area contributed by atoms with Crippen molar-refractivity contribution >= 4 is 17.3 Å². The quantitative estimate of drug-likeness (QED) is 0.622. The van der Waals surface area contributed by atoms with Crippen LogP contribution < -0.4 is 10.6 Å². The van der Waals surface area contributed by atoms with E-state index in [-0.39, 0.29) is 29.4 Å². The Hall–Kier alpha value is -3.13. The molecule has 1 fully saturated rings. The monoisotopic (exact) mass is 454 g/mol. The summed E-state index contributed by atoms with van der Waals surface area (Å²) in [6, 6.07) is 4.72. The van der Waals surface area contributed by atoms with Gasteiger partial charge in [-0.3, -0.25) is 14.8 Å². The Kier molecular flexibility index (Phi) is 6.83. The summed E-state index contributed by atoms with van der Waals surface area (Å²) in [6.45, 7) is 2.23. The van der Waals surface area contributed by atoms with Gasteiger partial charge in [-0.15, -0.1) is 0 Å². The van der Waals surface area contributed by atoms with Gasteiger partial charge in [-0.2, -0.15) is 0 Å². The van der Waals surface area contributed by atoms with Gasteiger partial charge in [0, 0.05) is 17.8 Å². The number of benzene rings is 1. The van der Waals surface area contributed by atoms with Gasteiger partial charge >= 0.3 is 0 Å². The van der Waals surface area contributed by atoms with Crippen LogP contribution in [0.2, 0.25) is 0 Å². The van der Waals surface area contributed by atoms with E-state index in [1.54, 1.807) is 12.4 Å². The standard InChI is InChI=1S/C25H28F2N4O2/c1-14-9-15(11-16(10-14)28-2)18-7-8-29-13-23(18)31-25(33)22-6-5-21(27)24(30-22)19-12-17(32)3-4-20(19)26/h3-5,7-8,12-16,22,28,32H,6,9-11H2,1-2H3,(H,31,33). The molecule has 0 saturated heterocycles. The molecule has 1 aromatic heterocycles. The van der Waals surface area contributed by atoms with E-state index in [1.807, 2.05) is 13.1 Å². The molecule has 6 nitrogen and oxygen atoms in total. The molecule has 0 radical (unpaired) electrons. The predicted molar refractivity (Wildman–Crippen MR) is 124 cm³/mol. The van der Waals surface area contributed by atoms with Crippen LogP contribution in [-0.4, -0.2) is 40.8 Å². The molecule has 1 aromatic carbocycles. The van der Waals surface area contributed by atoms with E-state index in [0.717, 1.165) is 37.0 Å². The number of allylic oxidation sites excluding steroid dienone is 1. The molecule has 174 valence electrons. The Morgan fingerprint density at radius 3 is 2.79 bits per heavy atom. The number of halogens is 2. The molecule has 4 rings (SSSR count). The topological polar surface area (TPSA) is 86.6 Å². The molecular weight excluding hydrogens is 426 g/mol. The number of anilines is 1. The first-order valence-electron chi connectivity index (χ1n) is 11.2. The van der Waals surface area contributed by atoms with Gasteiger partial charge < -0.3 is 15.7 Å². The lowest BCUT2D eigenvalue weighted by molar-refractivity contribution is -0.117. The fourth-order valence-corrected chi connectivity index (χ4v) is 4.82. The second-order valence-corrected chi connectivity index (χ2v) is 8.89.